The number of piperidine rings is 1. The van der Waals surface area contributed by atoms with Gasteiger partial charge in [0.05, 0.1) is 18.7 Å². The smallest absolute Gasteiger partial charge is 0.359 e. The van der Waals surface area contributed by atoms with Crippen molar-refractivity contribution in [3.05, 3.63) is 35.5 Å². The molecule has 1 saturated heterocycles. The molecule has 6 nitrogen and oxygen atoms in total. The molecule has 0 bridgehead atoms. The van der Waals surface area contributed by atoms with Gasteiger partial charge in [-0.1, -0.05) is 25.1 Å². The molecule has 1 aromatic carbocycles. The molecule has 0 amide bonds. The summed E-state index contributed by atoms with van der Waals surface area (Å²) < 4.78 is 7.01. The molecule has 0 saturated carbocycles. The van der Waals surface area contributed by atoms with E-state index in [1.54, 1.807) is 6.92 Å². The zero-order valence-corrected chi connectivity index (χ0v) is 17.6. The molecular weight excluding hydrogens is 368 g/mol. The van der Waals surface area contributed by atoms with Gasteiger partial charge in [0.1, 0.15) is 0 Å². The highest BCUT2D eigenvalue weighted by molar-refractivity contribution is 5.90. The average Bonchev–Trinajstić information content (AvgIpc) is 3.09. The zero-order valence-electron chi connectivity index (χ0n) is 17.6. The second-order valence-electron chi connectivity index (χ2n) is 8.53. The van der Waals surface area contributed by atoms with Crippen molar-refractivity contribution in [3.63, 3.8) is 0 Å². The van der Waals surface area contributed by atoms with Gasteiger partial charge in [-0.3, -0.25) is 4.90 Å². The summed E-state index contributed by atoms with van der Waals surface area (Å²) in [6, 6.07) is 8.45. The number of hydrogen-bond acceptors (Lipinski definition) is 5. The lowest BCUT2D eigenvalue weighted by atomic mass is 9.62. The normalized spacial score (nSPS) is 30.3. The maximum atomic E-state index is 12.8. The van der Waals surface area contributed by atoms with Gasteiger partial charge in [0.15, 0.2) is 0 Å². The summed E-state index contributed by atoms with van der Waals surface area (Å²) in [7, 11) is 1.37. The Kier molecular flexibility index (Phi) is 5.21. The Hall–Kier alpha value is -1.89. The molecule has 5 rings (SSSR count). The molecule has 6 heteroatoms. The summed E-state index contributed by atoms with van der Waals surface area (Å²) in [6.45, 7) is 6.29. The predicted molar refractivity (Wildman–Crippen MR) is 111 cm³/mol. The predicted octanol–water partition coefficient (Wildman–Crippen LogP) is 2.95. The fourth-order valence-electron chi connectivity index (χ4n) is 6.10. The molecule has 0 unspecified atom stereocenters. The Balaban J connectivity index is 0.000000645. The summed E-state index contributed by atoms with van der Waals surface area (Å²) in [4.78, 5) is 15.4. The Morgan fingerprint density at radius 1 is 1.28 bits per heavy atom. The standard InChI is InChI=1S/C21H26N2O3.C2H6O/c1-3-20-10-6-11-22-12-9-15-14-7-4-5-8-16(14)23(17(15)18(20)22)21(25,13-20)19(24)26-2;1-2-3/h4-5,7-8,18,25H,3,6,9-13H2,1-2H3;3H,2H2,1H3/t18-,20+,21+;/m1./s1. The molecule has 0 aliphatic carbocycles. The summed E-state index contributed by atoms with van der Waals surface area (Å²) in [5.74, 6) is -0.546. The van der Waals surface area contributed by atoms with E-state index in [9.17, 15) is 9.90 Å². The Morgan fingerprint density at radius 2 is 2.00 bits per heavy atom. The number of esters is 1. The Bertz CT molecular complexity index is 923. The van der Waals surface area contributed by atoms with Crippen molar-refractivity contribution >= 4 is 16.9 Å². The van der Waals surface area contributed by atoms with Crippen LogP contribution >= 0.6 is 0 Å². The molecule has 3 aliphatic heterocycles. The molecule has 4 heterocycles. The van der Waals surface area contributed by atoms with Crippen LogP contribution in [-0.2, 0) is 21.7 Å². The number of carbonyl (C=O) groups excluding carboxylic acids is 1. The molecule has 1 fully saturated rings. The fourth-order valence-corrected chi connectivity index (χ4v) is 6.10. The van der Waals surface area contributed by atoms with Crippen molar-refractivity contribution in [1.82, 2.24) is 9.47 Å². The van der Waals surface area contributed by atoms with Crippen LogP contribution in [0, 0.1) is 5.41 Å². The van der Waals surface area contributed by atoms with E-state index in [0.29, 0.717) is 6.42 Å². The zero-order chi connectivity index (χ0) is 20.8. The molecule has 2 N–H and O–H groups in total. The van der Waals surface area contributed by atoms with Crippen LogP contribution in [0.5, 0.6) is 0 Å². The van der Waals surface area contributed by atoms with E-state index < -0.39 is 11.7 Å². The molecule has 158 valence electrons. The monoisotopic (exact) mass is 400 g/mol. The van der Waals surface area contributed by atoms with Crippen LogP contribution in [-0.4, -0.2) is 52.5 Å². The first-order valence-corrected chi connectivity index (χ1v) is 10.8. The Morgan fingerprint density at radius 3 is 2.69 bits per heavy atom. The molecule has 2 aromatic rings. The summed E-state index contributed by atoms with van der Waals surface area (Å²) in [5.41, 5.74) is 1.69. The number of para-hydroxylation sites is 1. The van der Waals surface area contributed by atoms with Crippen LogP contribution in [0.4, 0.5) is 0 Å². The second-order valence-corrected chi connectivity index (χ2v) is 8.53. The number of benzene rings is 1. The minimum Gasteiger partial charge on any atom is -0.465 e. The maximum absolute atomic E-state index is 12.8. The third kappa shape index (κ3) is 2.76. The van der Waals surface area contributed by atoms with Crippen LogP contribution in [0.3, 0.4) is 0 Å². The van der Waals surface area contributed by atoms with Crippen LogP contribution in [0.1, 0.15) is 56.8 Å². The number of aliphatic hydroxyl groups is 2. The minimum atomic E-state index is -1.63. The highest BCUT2D eigenvalue weighted by atomic mass is 16.5. The lowest BCUT2D eigenvalue weighted by molar-refractivity contribution is -0.194. The highest BCUT2D eigenvalue weighted by Gasteiger charge is 2.60. The van der Waals surface area contributed by atoms with E-state index in [2.05, 4.69) is 17.9 Å². The summed E-state index contributed by atoms with van der Waals surface area (Å²) in [5, 5.41) is 20.5. The van der Waals surface area contributed by atoms with E-state index in [1.807, 2.05) is 22.8 Å². The van der Waals surface area contributed by atoms with Crippen molar-refractivity contribution in [2.75, 3.05) is 26.8 Å². The number of hydrogen-bond donors (Lipinski definition) is 2. The number of aromatic nitrogens is 1. The van der Waals surface area contributed by atoms with E-state index in [1.165, 1.54) is 18.1 Å². The SMILES string of the molecule is CCO.CC[C@]12CCCN3CCc4c(n(c5ccccc45)[C@@](O)(C(=O)OC)C1)[C@@H]32. The number of ether oxygens (including phenoxy) is 1. The van der Waals surface area contributed by atoms with Gasteiger partial charge in [-0.2, -0.15) is 0 Å². The van der Waals surface area contributed by atoms with Crippen molar-refractivity contribution in [3.8, 4) is 0 Å². The topological polar surface area (TPSA) is 74.9 Å². The van der Waals surface area contributed by atoms with Crippen molar-refractivity contribution in [2.45, 2.75) is 57.7 Å². The molecule has 0 radical (unpaired) electrons. The quantitative estimate of drug-likeness (QED) is 0.758. The van der Waals surface area contributed by atoms with Gasteiger partial charge in [0, 0.05) is 30.7 Å². The molecule has 3 atom stereocenters. The lowest BCUT2D eigenvalue weighted by Gasteiger charge is -2.57. The van der Waals surface area contributed by atoms with E-state index in [4.69, 9.17) is 9.84 Å². The van der Waals surface area contributed by atoms with Gasteiger partial charge in [0.25, 0.3) is 0 Å². The Labute approximate surface area is 172 Å². The fraction of sp³-hybridized carbons (Fsp3) is 0.609. The van der Waals surface area contributed by atoms with E-state index in [-0.39, 0.29) is 18.1 Å². The first-order valence-electron chi connectivity index (χ1n) is 10.8. The molecule has 0 spiro atoms. The lowest BCUT2D eigenvalue weighted by Crippen LogP contribution is -2.60. The second kappa shape index (κ2) is 7.42. The van der Waals surface area contributed by atoms with Crippen molar-refractivity contribution in [2.24, 2.45) is 5.41 Å². The van der Waals surface area contributed by atoms with E-state index in [0.717, 1.165) is 50.0 Å². The number of fused-ring (bicyclic) bond motifs is 3. The van der Waals surface area contributed by atoms with Gasteiger partial charge >= 0.3 is 5.97 Å². The molecule has 3 aliphatic rings. The third-order valence-electron chi connectivity index (χ3n) is 7.18. The van der Waals surface area contributed by atoms with Gasteiger partial charge in [-0.05, 0) is 56.2 Å². The largest absolute Gasteiger partial charge is 0.465 e. The first kappa shape index (κ1) is 20.4. The van der Waals surface area contributed by atoms with Crippen LogP contribution in [0.2, 0.25) is 0 Å². The third-order valence-corrected chi connectivity index (χ3v) is 7.18. The minimum absolute atomic E-state index is 0.0826. The summed E-state index contributed by atoms with van der Waals surface area (Å²) >= 11 is 0. The number of aliphatic hydroxyl groups excluding tert-OH is 1. The first-order chi connectivity index (χ1) is 14.0. The molecule has 29 heavy (non-hydrogen) atoms. The summed E-state index contributed by atoms with van der Waals surface area (Å²) in [6.07, 6.45) is 4.52. The number of rotatable bonds is 2. The van der Waals surface area contributed by atoms with Gasteiger partial charge in [0.2, 0.25) is 5.72 Å². The van der Waals surface area contributed by atoms with E-state index >= 15 is 0 Å². The number of nitrogens with zero attached hydrogens (tertiary/aromatic N) is 2. The van der Waals surface area contributed by atoms with Crippen molar-refractivity contribution in [1.29, 1.82) is 0 Å². The van der Waals surface area contributed by atoms with Crippen LogP contribution in [0.25, 0.3) is 10.9 Å². The average molecular weight is 401 g/mol. The van der Waals surface area contributed by atoms with Crippen molar-refractivity contribution < 1.29 is 19.7 Å². The highest BCUT2D eigenvalue weighted by Crippen LogP contribution is 2.60. The number of carbonyl (C=O) groups is 1. The number of methoxy groups -OCH3 is 1. The van der Waals surface area contributed by atoms with Gasteiger partial charge in [-0.15, -0.1) is 0 Å². The maximum Gasteiger partial charge on any atom is 0.359 e. The van der Waals surface area contributed by atoms with Crippen LogP contribution < -0.4 is 0 Å². The van der Waals surface area contributed by atoms with Crippen LogP contribution in [0.15, 0.2) is 24.3 Å². The molecule has 1 aromatic heterocycles. The molecular formula is C23H32N2O4. The van der Waals surface area contributed by atoms with Gasteiger partial charge < -0.3 is 19.5 Å². The van der Waals surface area contributed by atoms with Gasteiger partial charge in [-0.25, -0.2) is 4.79 Å².